The Morgan fingerprint density at radius 1 is 1.26 bits per heavy atom. The van der Waals surface area contributed by atoms with Gasteiger partial charge in [0.05, 0.1) is 5.92 Å². The third-order valence-electron chi connectivity index (χ3n) is 4.33. The number of nitrogens with zero attached hydrogens (tertiary/aromatic N) is 1. The molecule has 3 nitrogen and oxygen atoms in total. The molecule has 0 radical (unpaired) electrons. The van der Waals surface area contributed by atoms with Gasteiger partial charge in [-0.3, -0.25) is 5.21 Å². The van der Waals surface area contributed by atoms with E-state index in [9.17, 15) is 5.21 Å². The summed E-state index contributed by atoms with van der Waals surface area (Å²) in [5.74, 6) is 0.275. The molecule has 0 N–H and O–H groups in total. The summed E-state index contributed by atoms with van der Waals surface area (Å²) in [6.07, 6.45) is 6.60. The summed E-state index contributed by atoms with van der Waals surface area (Å²) in [5.41, 5.74) is 3.51. The largest absolute Gasteiger partial charge is 0.394 e. The van der Waals surface area contributed by atoms with Crippen LogP contribution in [0.5, 0.6) is 0 Å². The maximum absolute atomic E-state index is 11.9. The van der Waals surface area contributed by atoms with Crippen LogP contribution < -0.4 is 0 Å². The average molecular weight is 259 g/mol. The Labute approximate surface area is 114 Å². The van der Waals surface area contributed by atoms with Gasteiger partial charge in [-0.1, -0.05) is 50.5 Å². The summed E-state index contributed by atoms with van der Waals surface area (Å²) in [7, 11) is 0. The predicted molar refractivity (Wildman–Crippen MR) is 74.9 cm³/mol. The van der Waals surface area contributed by atoms with E-state index >= 15 is 0 Å². The fraction of sp³-hybridized carbons (Fsp3) is 0.562. The molecule has 0 bridgehead atoms. The first-order valence-electron chi connectivity index (χ1n) is 7.38. The van der Waals surface area contributed by atoms with Gasteiger partial charge in [-0.25, -0.2) is 0 Å². The molecular formula is C16H21NO2. The van der Waals surface area contributed by atoms with Crippen molar-refractivity contribution in [2.75, 3.05) is 0 Å². The number of hydrogen-bond acceptors (Lipinski definition) is 2. The lowest BCUT2D eigenvalue weighted by Crippen LogP contribution is -2.16. The minimum Gasteiger partial charge on any atom is -0.394 e. The van der Waals surface area contributed by atoms with Crippen LogP contribution in [0.3, 0.4) is 0 Å². The molecule has 0 saturated heterocycles. The molecule has 1 aliphatic carbocycles. The van der Waals surface area contributed by atoms with Gasteiger partial charge in [-0.15, -0.1) is 0 Å². The van der Waals surface area contributed by atoms with Crippen molar-refractivity contribution in [2.45, 2.75) is 51.6 Å². The molecule has 0 amide bonds. The highest BCUT2D eigenvalue weighted by molar-refractivity contribution is 5.85. The molecule has 1 heterocycles. The van der Waals surface area contributed by atoms with E-state index in [1.54, 1.807) is 0 Å². The van der Waals surface area contributed by atoms with Gasteiger partial charge in [0.1, 0.15) is 6.10 Å². The Balaban J connectivity index is 1.69. The first kappa shape index (κ1) is 12.5. The van der Waals surface area contributed by atoms with Gasteiger partial charge in [0.25, 0.3) is 0 Å². The Morgan fingerprint density at radius 3 is 2.95 bits per heavy atom. The van der Waals surface area contributed by atoms with Gasteiger partial charge < -0.3 is 4.84 Å². The first-order valence-corrected chi connectivity index (χ1v) is 7.38. The fourth-order valence-electron chi connectivity index (χ4n) is 3.30. The van der Waals surface area contributed by atoms with Crippen molar-refractivity contribution in [3.8, 4) is 0 Å². The molecule has 102 valence electrons. The molecule has 1 aliphatic heterocycles. The average Bonchev–Trinajstić information content (AvgIpc) is 2.91. The zero-order chi connectivity index (χ0) is 13.2. The summed E-state index contributed by atoms with van der Waals surface area (Å²) in [5, 5.41) is 11.9. The van der Waals surface area contributed by atoms with Crippen molar-refractivity contribution in [1.82, 2.24) is 0 Å². The van der Waals surface area contributed by atoms with E-state index < -0.39 is 0 Å². The monoisotopic (exact) mass is 259 g/mol. The highest BCUT2D eigenvalue weighted by Crippen LogP contribution is 2.43. The second-order valence-electron chi connectivity index (χ2n) is 5.59. The molecule has 3 rings (SSSR count). The number of rotatable bonds is 5. The molecule has 2 aliphatic rings. The van der Waals surface area contributed by atoms with Crippen molar-refractivity contribution < 1.29 is 9.74 Å². The standard InChI is InChI=1S/C16H21NO2/c1-2-3-4-5-10-15-14-11-12-8-6-7-9-13(12)16(14)19-17(15)18/h6-9,14,16H,2-5,10-11H2,1H3/t14-,16-/m1/s1. The summed E-state index contributed by atoms with van der Waals surface area (Å²) in [6, 6.07) is 8.34. The van der Waals surface area contributed by atoms with E-state index in [0.29, 0.717) is 0 Å². The van der Waals surface area contributed by atoms with E-state index in [1.807, 2.05) is 6.07 Å². The van der Waals surface area contributed by atoms with Crippen LogP contribution in [0.15, 0.2) is 24.3 Å². The van der Waals surface area contributed by atoms with Crippen molar-refractivity contribution in [3.63, 3.8) is 0 Å². The van der Waals surface area contributed by atoms with Crippen molar-refractivity contribution >= 4 is 5.71 Å². The third kappa shape index (κ3) is 2.22. The van der Waals surface area contributed by atoms with Gasteiger partial charge in [0, 0.05) is 11.3 Å². The molecule has 0 saturated carbocycles. The number of fused-ring (bicyclic) bond motifs is 3. The molecule has 0 fully saturated rings. The molecule has 1 aromatic carbocycles. The quantitative estimate of drug-likeness (QED) is 0.596. The van der Waals surface area contributed by atoms with Crippen LogP contribution in [0, 0.1) is 11.1 Å². The summed E-state index contributed by atoms with van der Waals surface area (Å²) >= 11 is 0. The van der Waals surface area contributed by atoms with Crippen LogP contribution in [-0.2, 0) is 11.3 Å². The Bertz CT molecular complexity index is 495. The van der Waals surface area contributed by atoms with Crippen LogP contribution in [0.4, 0.5) is 0 Å². The highest BCUT2D eigenvalue weighted by Gasteiger charge is 2.44. The van der Waals surface area contributed by atoms with Gasteiger partial charge in [0.2, 0.25) is 5.71 Å². The van der Waals surface area contributed by atoms with Crippen molar-refractivity contribution in [1.29, 1.82) is 0 Å². The zero-order valence-electron chi connectivity index (χ0n) is 11.5. The first-order chi connectivity index (χ1) is 9.31. The maximum Gasteiger partial charge on any atom is 0.227 e. The molecule has 1 aromatic rings. The molecular weight excluding hydrogens is 238 g/mol. The molecule has 0 unspecified atom stereocenters. The molecule has 19 heavy (non-hydrogen) atoms. The van der Waals surface area contributed by atoms with E-state index in [1.165, 1.54) is 30.4 Å². The van der Waals surface area contributed by atoms with Crippen molar-refractivity contribution in [2.24, 2.45) is 5.92 Å². The van der Waals surface area contributed by atoms with E-state index in [-0.39, 0.29) is 12.0 Å². The summed E-state index contributed by atoms with van der Waals surface area (Å²) in [6.45, 7) is 2.20. The Hall–Kier alpha value is -1.51. The lowest BCUT2D eigenvalue weighted by atomic mass is 9.94. The molecule has 3 heteroatoms. The lowest BCUT2D eigenvalue weighted by Gasteiger charge is -2.10. The van der Waals surface area contributed by atoms with Crippen LogP contribution in [0.1, 0.15) is 56.3 Å². The minimum atomic E-state index is -0.0325. The number of unbranched alkanes of at least 4 members (excludes halogenated alkanes) is 3. The van der Waals surface area contributed by atoms with Gasteiger partial charge in [-0.2, -0.15) is 0 Å². The second kappa shape index (κ2) is 5.24. The normalized spacial score (nSPS) is 24.3. The topological polar surface area (TPSA) is 35.3 Å². The van der Waals surface area contributed by atoms with Crippen LogP contribution >= 0.6 is 0 Å². The Morgan fingerprint density at radius 2 is 2.11 bits per heavy atom. The maximum atomic E-state index is 11.9. The Kier molecular flexibility index (Phi) is 3.45. The van der Waals surface area contributed by atoms with Crippen LogP contribution in [0.2, 0.25) is 0 Å². The molecule has 0 aromatic heterocycles. The smallest absolute Gasteiger partial charge is 0.227 e. The summed E-state index contributed by atoms with van der Waals surface area (Å²) < 4.78 is 0. The number of benzene rings is 1. The van der Waals surface area contributed by atoms with Gasteiger partial charge >= 0.3 is 0 Å². The van der Waals surface area contributed by atoms with E-state index in [0.717, 1.165) is 29.9 Å². The predicted octanol–water partition coefficient (Wildman–Crippen LogP) is 3.77. The van der Waals surface area contributed by atoms with Gasteiger partial charge in [-0.05, 0) is 24.0 Å². The SMILES string of the molecule is CCCCCCC1=[N+]([O-])O[C@@H]2c3ccccc3C[C@H]12. The lowest BCUT2D eigenvalue weighted by molar-refractivity contribution is -0.743. The van der Waals surface area contributed by atoms with E-state index in [4.69, 9.17) is 4.84 Å². The van der Waals surface area contributed by atoms with Crippen LogP contribution in [0.25, 0.3) is 0 Å². The summed E-state index contributed by atoms with van der Waals surface area (Å²) in [4.78, 5) is 6.32. The molecule has 0 spiro atoms. The minimum absolute atomic E-state index is 0.0325. The zero-order valence-corrected chi connectivity index (χ0v) is 11.5. The second-order valence-corrected chi connectivity index (χ2v) is 5.59. The van der Waals surface area contributed by atoms with Crippen LogP contribution in [-0.4, -0.2) is 10.6 Å². The highest BCUT2D eigenvalue weighted by atomic mass is 16.9. The fourth-order valence-corrected chi connectivity index (χ4v) is 3.30. The number of hydrogen-bond donors (Lipinski definition) is 0. The van der Waals surface area contributed by atoms with Crippen molar-refractivity contribution in [3.05, 3.63) is 40.6 Å². The molecule has 2 atom stereocenters. The third-order valence-corrected chi connectivity index (χ3v) is 4.33. The van der Waals surface area contributed by atoms with Gasteiger partial charge in [0.15, 0.2) is 0 Å². The van der Waals surface area contributed by atoms with E-state index in [2.05, 4.69) is 25.1 Å².